The summed E-state index contributed by atoms with van der Waals surface area (Å²) in [5.74, 6) is 5.41. The van der Waals surface area contributed by atoms with Gasteiger partial charge < -0.3 is 20.1 Å². The molecule has 0 aromatic carbocycles. The quantitative estimate of drug-likeness (QED) is 0.277. The molecule has 0 saturated carbocycles. The number of ether oxygens (including phenoxy) is 1. The van der Waals surface area contributed by atoms with Gasteiger partial charge in [-0.2, -0.15) is 0 Å². The number of aliphatic hydroxyl groups is 3. The fraction of sp³-hybridized carbons (Fsp3) is 0.889. The van der Waals surface area contributed by atoms with Crippen molar-refractivity contribution in [2.45, 2.75) is 31.9 Å². The van der Waals surface area contributed by atoms with Crippen molar-refractivity contribution >= 4 is 6.09 Å². The molecule has 7 heteroatoms. The molecule has 0 aromatic heterocycles. The van der Waals surface area contributed by atoms with Crippen molar-refractivity contribution in [1.29, 1.82) is 0 Å². The highest BCUT2D eigenvalue weighted by atomic mass is 16.6. The van der Waals surface area contributed by atoms with Crippen LogP contribution >= 0.6 is 0 Å². The summed E-state index contributed by atoms with van der Waals surface area (Å²) in [6.07, 6.45) is -0.926. The van der Waals surface area contributed by atoms with Gasteiger partial charge in [-0.3, -0.25) is 0 Å². The number of hydrazine groups is 1. The van der Waals surface area contributed by atoms with Crippen molar-refractivity contribution in [3.8, 4) is 0 Å². The number of aliphatic hydroxyl groups excluding tert-OH is 3. The molecule has 1 amide bonds. The molecule has 96 valence electrons. The molecule has 0 aromatic rings. The second kappa shape index (κ2) is 5.44. The number of amides is 1. The van der Waals surface area contributed by atoms with Crippen LogP contribution in [-0.2, 0) is 4.74 Å². The van der Waals surface area contributed by atoms with Crippen LogP contribution < -0.4 is 5.84 Å². The third-order valence-corrected chi connectivity index (χ3v) is 1.98. The monoisotopic (exact) mass is 236 g/mol. The van der Waals surface area contributed by atoms with Crippen molar-refractivity contribution in [3.05, 3.63) is 0 Å². The highest BCUT2D eigenvalue weighted by Crippen LogP contribution is 2.15. The zero-order chi connectivity index (χ0) is 13.0. The molecule has 16 heavy (non-hydrogen) atoms. The lowest BCUT2D eigenvalue weighted by atomic mass is 10.0. The molecule has 0 fully saturated rings. The fourth-order valence-electron chi connectivity index (χ4n) is 0.883. The largest absolute Gasteiger partial charge is 0.443 e. The van der Waals surface area contributed by atoms with Gasteiger partial charge in [-0.1, -0.05) is 0 Å². The summed E-state index contributed by atoms with van der Waals surface area (Å²) in [5, 5.41) is 27.6. The van der Waals surface area contributed by atoms with Crippen molar-refractivity contribution in [2.24, 2.45) is 5.84 Å². The number of nitrogens with zero attached hydrogens (tertiary/aromatic N) is 1. The van der Waals surface area contributed by atoms with Gasteiger partial charge in [0.25, 0.3) is 0 Å². The van der Waals surface area contributed by atoms with Gasteiger partial charge in [-0.05, 0) is 20.8 Å². The SMILES string of the molecule is CC(C)(C)OC(=O)N(N)C(CO)(CO)CO. The lowest BCUT2D eigenvalue weighted by molar-refractivity contribution is -0.0605. The minimum atomic E-state index is -1.62. The average molecular weight is 236 g/mol. The Balaban J connectivity index is 4.75. The summed E-state index contributed by atoms with van der Waals surface area (Å²) in [6, 6.07) is 0. The predicted molar refractivity (Wildman–Crippen MR) is 56.2 cm³/mol. The van der Waals surface area contributed by atoms with Crippen LogP contribution in [0.15, 0.2) is 0 Å². The lowest BCUT2D eigenvalue weighted by Crippen LogP contribution is -2.63. The molecule has 0 saturated heterocycles. The maximum atomic E-state index is 11.5. The van der Waals surface area contributed by atoms with Crippen molar-refractivity contribution in [3.63, 3.8) is 0 Å². The van der Waals surface area contributed by atoms with E-state index in [1.165, 1.54) is 0 Å². The molecular weight excluding hydrogens is 216 g/mol. The Labute approximate surface area is 94.4 Å². The Bertz CT molecular complexity index is 226. The van der Waals surface area contributed by atoms with Crippen LogP contribution in [0.4, 0.5) is 4.79 Å². The summed E-state index contributed by atoms with van der Waals surface area (Å²) in [6.45, 7) is 2.94. The van der Waals surface area contributed by atoms with E-state index in [2.05, 4.69) is 0 Å². The topological polar surface area (TPSA) is 116 Å². The summed E-state index contributed by atoms with van der Waals surface area (Å²) >= 11 is 0. The van der Waals surface area contributed by atoms with E-state index in [0.29, 0.717) is 5.01 Å². The minimum Gasteiger partial charge on any atom is -0.443 e. The van der Waals surface area contributed by atoms with Crippen molar-refractivity contribution in [2.75, 3.05) is 19.8 Å². The standard InChI is InChI=1S/C9H20N2O5/c1-8(2,3)16-7(15)11(10)9(4-12,5-13)6-14/h12-14H,4-6,10H2,1-3H3. The Hall–Kier alpha value is -0.890. The lowest BCUT2D eigenvalue weighted by Gasteiger charge is -2.37. The Morgan fingerprint density at radius 3 is 1.81 bits per heavy atom. The summed E-state index contributed by atoms with van der Waals surface area (Å²) in [7, 11) is 0. The Kier molecular flexibility index (Phi) is 5.14. The van der Waals surface area contributed by atoms with E-state index < -0.39 is 37.1 Å². The molecule has 0 heterocycles. The van der Waals surface area contributed by atoms with Crippen molar-refractivity contribution in [1.82, 2.24) is 5.01 Å². The van der Waals surface area contributed by atoms with Crippen LogP contribution in [0.1, 0.15) is 20.8 Å². The van der Waals surface area contributed by atoms with E-state index in [9.17, 15) is 4.79 Å². The molecule has 0 radical (unpaired) electrons. The van der Waals surface area contributed by atoms with Gasteiger partial charge in [0.15, 0.2) is 0 Å². The van der Waals surface area contributed by atoms with E-state index in [4.69, 9.17) is 25.9 Å². The molecule has 0 aliphatic rings. The van der Waals surface area contributed by atoms with E-state index in [0.717, 1.165) is 0 Å². The number of carbonyl (C=O) groups excluding carboxylic acids is 1. The molecule has 0 bridgehead atoms. The molecule has 5 N–H and O–H groups in total. The third-order valence-electron chi connectivity index (χ3n) is 1.98. The highest BCUT2D eigenvalue weighted by Gasteiger charge is 2.39. The van der Waals surface area contributed by atoms with E-state index in [1.54, 1.807) is 20.8 Å². The minimum absolute atomic E-state index is 0.512. The van der Waals surface area contributed by atoms with Crippen LogP contribution in [0.25, 0.3) is 0 Å². The van der Waals surface area contributed by atoms with E-state index >= 15 is 0 Å². The zero-order valence-electron chi connectivity index (χ0n) is 9.80. The summed E-state index contributed by atoms with van der Waals surface area (Å²) < 4.78 is 4.94. The molecule has 0 atom stereocenters. The first-order valence-electron chi connectivity index (χ1n) is 4.83. The maximum Gasteiger partial charge on any atom is 0.425 e. The number of nitrogens with two attached hydrogens (primary N) is 1. The number of hydrogen-bond donors (Lipinski definition) is 4. The van der Waals surface area contributed by atoms with E-state index in [-0.39, 0.29) is 0 Å². The fourth-order valence-corrected chi connectivity index (χ4v) is 0.883. The van der Waals surface area contributed by atoms with Gasteiger partial charge in [0.2, 0.25) is 0 Å². The molecule has 0 rings (SSSR count). The molecule has 0 aliphatic carbocycles. The molecule has 0 spiro atoms. The van der Waals surface area contributed by atoms with Gasteiger partial charge in [0.1, 0.15) is 11.1 Å². The van der Waals surface area contributed by atoms with Crippen LogP contribution in [0.5, 0.6) is 0 Å². The van der Waals surface area contributed by atoms with Crippen LogP contribution in [-0.4, -0.2) is 57.4 Å². The predicted octanol–water partition coefficient (Wildman–Crippen LogP) is -1.19. The first-order valence-corrected chi connectivity index (χ1v) is 4.83. The van der Waals surface area contributed by atoms with Gasteiger partial charge >= 0.3 is 6.09 Å². The molecule has 7 nitrogen and oxygen atoms in total. The van der Waals surface area contributed by atoms with E-state index in [1.807, 2.05) is 0 Å². The molecule has 0 unspecified atom stereocenters. The zero-order valence-corrected chi connectivity index (χ0v) is 9.80. The first kappa shape index (κ1) is 15.1. The number of hydrogen-bond acceptors (Lipinski definition) is 6. The Morgan fingerprint density at radius 2 is 1.56 bits per heavy atom. The van der Waals surface area contributed by atoms with Crippen LogP contribution in [0, 0.1) is 0 Å². The van der Waals surface area contributed by atoms with Crippen molar-refractivity contribution < 1.29 is 24.9 Å². The normalized spacial score (nSPS) is 12.4. The maximum absolute atomic E-state index is 11.5. The number of rotatable bonds is 4. The summed E-state index contributed by atoms with van der Waals surface area (Å²) in [4.78, 5) is 11.5. The van der Waals surface area contributed by atoms with Crippen LogP contribution in [0.2, 0.25) is 0 Å². The average Bonchev–Trinajstić information content (AvgIpc) is 2.18. The molecular formula is C9H20N2O5. The summed E-state index contributed by atoms with van der Waals surface area (Å²) in [5.41, 5.74) is -2.37. The highest BCUT2D eigenvalue weighted by molar-refractivity contribution is 5.68. The van der Waals surface area contributed by atoms with Gasteiger partial charge in [0.05, 0.1) is 19.8 Å². The van der Waals surface area contributed by atoms with Gasteiger partial charge in [-0.25, -0.2) is 15.6 Å². The first-order chi connectivity index (χ1) is 7.22. The third kappa shape index (κ3) is 3.60. The second-order valence-electron chi connectivity index (χ2n) is 4.55. The van der Waals surface area contributed by atoms with Gasteiger partial charge in [-0.15, -0.1) is 0 Å². The van der Waals surface area contributed by atoms with Crippen LogP contribution in [0.3, 0.4) is 0 Å². The van der Waals surface area contributed by atoms with Gasteiger partial charge in [0, 0.05) is 0 Å². The second-order valence-corrected chi connectivity index (χ2v) is 4.55. The smallest absolute Gasteiger partial charge is 0.425 e. The molecule has 0 aliphatic heterocycles. The Morgan fingerprint density at radius 1 is 1.19 bits per heavy atom. The number of carbonyl (C=O) groups is 1.